The minimum absolute atomic E-state index is 0.117. The summed E-state index contributed by atoms with van der Waals surface area (Å²) in [5, 5.41) is 7.53. The van der Waals surface area contributed by atoms with Gasteiger partial charge in [0.1, 0.15) is 5.02 Å². The molecule has 28 heavy (non-hydrogen) atoms. The molecule has 0 spiro atoms. The van der Waals surface area contributed by atoms with E-state index in [-0.39, 0.29) is 10.6 Å². The van der Waals surface area contributed by atoms with Gasteiger partial charge in [0.15, 0.2) is 0 Å². The van der Waals surface area contributed by atoms with E-state index in [1.165, 1.54) is 4.68 Å². The van der Waals surface area contributed by atoms with Crippen LogP contribution in [0.2, 0.25) is 5.02 Å². The normalized spacial score (nSPS) is 10.6. The van der Waals surface area contributed by atoms with Gasteiger partial charge in [0.2, 0.25) is 0 Å². The van der Waals surface area contributed by atoms with E-state index in [1.54, 1.807) is 12.4 Å². The Labute approximate surface area is 167 Å². The zero-order chi connectivity index (χ0) is 19.3. The number of pyridine rings is 1. The minimum atomic E-state index is -0.357. The summed E-state index contributed by atoms with van der Waals surface area (Å²) >= 11 is 6.28. The highest BCUT2D eigenvalue weighted by molar-refractivity contribution is 6.32. The Morgan fingerprint density at radius 3 is 2.39 bits per heavy atom. The van der Waals surface area contributed by atoms with Gasteiger partial charge in [-0.2, -0.15) is 9.78 Å². The van der Waals surface area contributed by atoms with E-state index in [0.717, 1.165) is 16.7 Å². The Morgan fingerprint density at radius 2 is 1.68 bits per heavy atom. The van der Waals surface area contributed by atoms with Crippen LogP contribution in [0.25, 0.3) is 16.8 Å². The van der Waals surface area contributed by atoms with Crippen LogP contribution in [0.15, 0.2) is 90.1 Å². The fourth-order valence-corrected chi connectivity index (χ4v) is 3.05. The lowest BCUT2D eigenvalue weighted by atomic mass is 10.1. The third-order valence-corrected chi connectivity index (χ3v) is 4.72. The van der Waals surface area contributed by atoms with Gasteiger partial charge in [-0.15, -0.1) is 0 Å². The predicted octanol–water partition coefficient (Wildman–Crippen LogP) is 4.56. The molecule has 0 atom stereocenters. The summed E-state index contributed by atoms with van der Waals surface area (Å²) in [6.45, 7) is 0.531. The largest absolute Gasteiger partial charge is 0.378 e. The first-order valence-corrected chi connectivity index (χ1v) is 9.16. The molecule has 0 aliphatic heterocycles. The van der Waals surface area contributed by atoms with Gasteiger partial charge in [-0.25, -0.2) is 0 Å². The molecule has 138 valence electrons. The lowest BCUT2D eigenvalue weighted by molar-refractivity contribution is 0.807. The minimum Gasteiger partial charge on any atom is -0.378 e. The highest BCUT2D eigenvalue weighted by Gasteiger charge is 2.10. The van der Waals surface area contributed by atoms with Crippen molar-refractivity contribution in [3.05, 3.63) is 106 Å². The number of anilines is 1. The number of nitrogens with one attached hydrogen (secondary N) is 1. The molecule has 0 saturated heterocycles. The molecule has 4 rings (SSSR count). The van der Waals surface area contributed by atoms with Crippen molar-refractivity contribution in [3.63, 3.8) is 0 Å². The number of rotatable bonds is 5. The second-order valence-corrected chi connectivity index (χ2v) is 6.59. The summed E-state index contributed by atoms with van der Waals surface area (Å²) in [4.78, 5) is 16.7. The van der Waals surface area contributed by atoms with Gasteiger partial charge in [-0.05, 0) is 34.9 Å². The van der Waals surface area contributed by atoms with Crippen molar-refractivity contribution in [2.75, 3.05) is 5.32 Å². The highest BCUT2D eigenvalue weighted by atomic mass is 35.5. The zero-order valence-electron chi connectivity index (χ0n) is 14.9. The monoisotopic (exact) mass is 388 g/mol. The number of aromatic nitrogens is 3. The molecule has 2 aromatic heterocycles. The van der Waals surface area contributed by atoms with Crippen molar-refractivity contribution in [2.24, 2.45) is 0 Å². The van der Waals surface area contributed by atoms with Crippen molar-refractivity contribution in [1.29, 1.82) is 0 Å². The van der Waals surface area contributed by atoms with E-state index in [9.17, 15) is 4.79 Å². The van der Waals surface area contributed by atoms with Gasteiger partial charge < -0.3 is 5.32 Å². The van der Waals surface area contributed by atoms with Crippen LogP contribution in [0.1, 0.15) is 5.56 Å². The summed E-state index contributed by atoms with van der Waals surface area (Å²) in [5.74, 6) is 0. The predicted molar refractivity (Wildman–Crippen MR) is 112 cm³/mol. The molecule has 2 aromatic carbocycles. The summed E-state index contributed by atoms with van der Waals surface area (Å²) in [6, 6.07) is 21.3. The number of benzene rings is 2. The quantitative estimate of drug-likeness (QED) is 0.544. The van der Waals surface area contributed by atoms with Gasteiger partial charge >= 0.3 is 0 Å². The Kier molecular flexibility index (Phi) is 5.17. The first-order valence-electron chi connectivity index (χ1n) is 8.79. The number of hydrogen-bond donors (Lipinski definition) is 1. The van der Waals surface area contributed by atoms with Crippen LogP contribution in [0.3, 0.4) is 0 Å². The summed E-state index contributed by atoms with van der Waals surface area (Å²) < 4.78 is 1.29. The van der Waals surface area contributed by atoms with Crippen LogP contribution in [0.4, 0.5) is 5.69 Å². The smallest absolute Gasteiger partial charge is 0.292 e. The molecule has 0 fully saturated rings. The molecule has 2 heterocycles. The number of para-hydroxylation sites is 1. The summed E-state index contributed by atoms with van der Waals surface area (Å²) in [7, 11) is 0. The van der Waals surface area contributed by atoms with E-state index in [4.69, 9.17) is 11.6 Å². The van der Waals surface area contributed by atoms with E-state index < -0.39 is 0 Å². The first kappa shape index (κ1) is 17.9. The van der Waals surface area contributed by atoms with Crippen LogP contribution >= 0.6 is 11.6 Å². The molecule has 0 aliphatic carbocycles. The second kappa shape index (κ2) is 8.06. The first-order chi connectivity index (χ1) is 13.7. The molecular formula is C22H17ClN4O. The molecule has 1 N–H and O–H groups in total. The molecule has 0 bridgehead atoms. The zero-order valence-corrected chi connectivity index (χ0v) is 15.7. The Hall–Kier alpha value is -3.44. The third kappa shape index (κ3) is 3.80. The van der Waals surface area contributed by atoms with E-state index in [1.807, 2.05) is 72.9 Å². The highest BCUT2D eigenvalue weighted by Crippen LogP contribution is 2.20. The molecule has 0 saturated carbocycles. The van der Waals surface area contributed by atoms with E-state index in [0.29, 0.717) is 17.9 Å². The molecule has 0 amide bonds. The SMILES string of the molecule is O=c1c(Cl)c(NCc2ccc(-c3cccnc3)cc2)cnn1-c1ccccc1. The van der Waals surface area contributed by atoms with Crippen LogP contribution in [-0.4, -0.2) is 14.8 Å². The van der Waals surface area contributed by atoms with E-state index in [2.05, 4.69) is 15.4 Å². The van der Waals surface area contributed by atoms with Crippen molar-refractivity contribution in [3.8, 4) is 16.8 Å². The average Bonchev–Trinajstić information content (AvgIpc) is 2.76. The molecular weight excluding hydrogens is 372 g/mol. The van der Waals surface area contributed by atoms with Crippen LogP contribution in [0, 0.1) is 0 Å². The van der Waals surface area contributed by atoms with Crippen molar-refractivity contribution in [2.45, 2.75) is 6.54 Å². The van der Waals surface area contributed by atoms with Gasteiger partial charge in [0.05, 0.1) is 17.6 Å². The maximum Gasteiger partial charge on any atom is 0.292 e. The average molecular weight is 389 g/mol. The lowest BCUT2D eigenvalue weighted by Gasteiger charge is -2.11. The van der Waals surface area contributed by atoms with Gasteiger partial charge in [-0.1, -0.05) is 60.1 Å². The van der Waals surface area contributed by atoms with Gasteiger partial charge in [-0.3, -0.25) is 9.78 Å². The van der Waals surface area contributed by atoms with Crippen molar-refractivity contribution >= 4 is 17.3 Å². The Balaban J connectivity index is 1.49. The van der Waals surface area contributed by atoms with E-state index >= 15 is 0 Å². The molecule has 0 radical (unpaired) electrons. The topological polar surface area (TPSA) is 59.8 Å². The standard InChI is InChI=1S/C22H17ClN4O/c23-21-20(15-26-27(22(21)28)19-6-2-1-3-7-19)25-13-16-8-10-17(11-9-16)18-5-4-12-24-14-18/h1-12,14-15,25H,13H2. The third-order valence-electron chi connectivity index (χ3n) is 4.35. The number of hydrogen-bond acceptors (Lipinski definition) is 4. The second-order valence-electron chi connectivity index (χ2n) is 6.22. The molecule has 4 aromatic rings. The fraction of sp³-hybridized carbons (Fsp3) is 0.0455. The maximum atomic E-state index is 12.5. The molecule has 6 heteroatoms. The Morgan fingerprint density at radius 1 is 0.893 bits per heavy atom. The molecule has 5 nitrogen and oxygen atoms in total. The maximum absolute atomic E-state index is 12.5. The van der Waals surface area contributed by atoms with Gasteiger partial charge in [0.25, 0.3) is 5.56 Å². The number of nitrogens with zero attached hydrogens (tertiary/aromatic N) is 3. The van der Waals surface area contributed by atoms with Gasteiger partial charge in [0, 0.05) is 18.9 Å². The molecule has 0 unspecified atom stereocenters. The lowest BCUT2D eigenvalue weighted by Crippen LogP contribution is -2.22. The Bertz CT molecular complexity index is 1130. The van der Waals surface area contributed by atoms with Crippen molar-refractivity contribution in [1.82, 2.24) is 14.8 Å². The summed E-state index contributed by atoms with van der Waals surface area (Å²) in [6.07, 6.45) is 5.16. The van der Waals surface area contributed by atoms with Crippen molar-refractivity contribution < 1.29 is 0 Å². The number of halogens is 1. The fourth-order valence-electron chi connectivity index (χ4n) is 2.85. The van der Waals surface area contributed by atoms with Crippen LogP contribution in [0.5, 0.6) is 0 Å². The summed E-state index contributed by atoms with van der Waals surface area (Å²) in [5.41, 5.74) is 4.06. The van der Waals surface area contributed by atoms with Crippen LogP contribution < -0.4 is 10.9 Å². The van der Waals surface area contributed by atoms with Crippen LogP contribution in [-0.2, 0) is 6.54 Å². The molecule has 0 aliphatic rings.